The van der Waals surface area contributed by atoms with E-state index in [-0.39, 0.29) is 24.0 Å². The summed E-state index contributed by atoms with van der Waals surface area (Å²) in [5.74, 6) is -2.05. The first-order valence-electron chi connectivity index (χ1n) is 5.41. The van der Waals surface area contributed by atoms with Crippen molar-refractivity contribution in [1.29, 1.82) is 5.26 Å². The van der Waals surface area contributed by atoms with Crippen molar-refractivity contribution in [3.8, 4) is 11.8 Å². The fraction of sp³-hybridized carbons (Fsp3) is 0.333. The maximum absolute atomic E-state index is 12.2. The Morgan fingerprint density at radius 3 is 2.60 bits per heavy atom. The first-order chi connectivity index (χ1) is 9.24. The van der Waals surface area contributed by atoms with Gasteiger partial charge in [-0.05, 0) is 29.7 Å². The number of aliphatic hydroxyl groups is 1. The molecule has 1 atom stereocenters. The molecular weight excluding hydrogens is 279 g/mol. The van der Waals surface area contributed by atoms with Crippen molar-refractivity contribution >= 4 is 5.97 Å². The molecule has 1 unspecified atom stereocenters. The third-order valence-electron chi connectivity index (χ3n) is 2.37. The molecule has 20 heavy (non-hydrogen) atoms. The van der Waals surface area contributed by atoms with Crippen LogP contribution in [0.2, 0.25) is 0 Å². The lowest BCUT2D eigenvalue weighted by atomic mass is 10.0. The van der Waals surface area contributed by atoms with E-state index in [9.17, 15) is 23.1 Å². The number of aliphatic carboxylic acids is 1. The van der Waals surface area contributed by atoms with Crippen LogP contribution in [-0.2, 0) is 11.2 Å². The molecule has 1 rings (SSSR count). The summed E-state index contributed by atoms with van der Waals surface area (Å²) in [6.07, 6.45) is -6.87. The lowest BCUT2D eigenvalue weighted by Gasteiger charge is -2.15. The Morgan fingerprint density at radius 1 is 1.45 bits per heavy atom. The molecule has 0 aromatic heterocycles. The van der Waals surface area contributed by atoms with E-state index in [2.05, 4.69) is 4.74 Å². The van der Waals surface area contributed by atoms with Crippen LogP contribution in [0.15, 0.2) is 18.2 Å². The van der Waals surface area contributed by atoms with Crippen molar-refractivity contribution < 1.29 is 32.9 Å². The normalized spacial score (nSPS) is 12.6. The highest BCUT2D eigenvalue weighted by atomic mass is 19.4. The van der Waals surface area contributed by atoms with E-state index in [1.807, 2.05) is 0 Å². The minimum Gasteiger partial charge on any atom is -0.479 e. The second-order valence-corrected chi connectivity index (χ2v) is 3.81. The van der Waals surface area contributed by atoms with Crippen molar-refractivity contribution in [2.24, 2.45) is 0 Å². The van der Waals surface area contributed by atoms with Gasteiger partial charge in [0.15, 0.2) is 6.10 Å². The molecular formula is C12H10F3NO4. The molecule has 0 aliphatic rings. The van der Waals surface area contributed by atoms with Crippen molar-refractivity contribution in [3.63, 3.8) is 0 Å². The summed E-state index contributed by atoms with van der Waals surface area (Å²) in [6.45, 7) is 0. The molecule has 0 bridgehead atoms. The number of hydrogen-bond acceptors (Lipinski definition) is 4. The number of carboxylic acids is 1. The van der Waals surface area contributed by atoms with Gasteiger partial charge in [-0.3, -0.25) is 0 Å². The van der Waals surface area contributed by atoms with Crippen molar-refractivity contribution in [2.75, 3.05) is 0 Å². The van der Waals surface area contributed by atoms with Gasteiger partial charge in [0, 0.05) is 6.42 Å². The summed E-state index contributed by atoms with van der Waals surface area (Å²) in [4.78, 5) is 10.6. The van der Waals surface area contributed by atoms with E-state index in [1.54, 1.807) is 6.07 Å². The van der Waals surface area contributed by atoms with Gasteiger partial charge < -0.3 is 14.9 Å². The standard InChI is InChI=1S/C12H10F3NO4/c13-12(14,15)20-9-4-3-8(10(17)11(18)19)6-7(9)2-1-5-16/h3-4,6,10,17H,1-2H2,(H,18,19). The van der Waals surface area contributed by atoms with Crippen LogP contribution in [0.25, 0.3) is 0 Å². The number of hydrogen-bond donors (Lipinski definition) is 2. The third-order valence-corrected chi connectivity index (χ3v) is 2.37. The number of benzene rings is 1. The van der Waals surface area contributed by atoms with Crippen LogP contribution in [0.4, 0.5) is 13.2 Å². The number of alkyl halides is 3. The zero-order valence-electron chi connectivity index (χ0n) is 10.0. The molecule has 0 heterocycles. The fourth-order valence-corrected chi connectivity index (χ4v) is 1.52. The average Bonchev–Trinajstić information content (AvgIpc) is 2.34. The molecule has 0 radical (unpaired) electrons. The molecule has 0 aliphatic carbocycles. The Morgan fingerprint density at radius 2 is 2.10 bits per heavy atom. The largest absolute Gasteiger partial charge is 0.573 e. The summed E-state index contributed by atoms with van der Waals surface area (Å²) in [6, 6.07) is 4.78. The molecule has 0 saturated heterocycles. The number of nitrogens with zero attached hydrogens (tertiary/aromatic N) is 1. The second-order valence-electron chi connectivity index (χ2n) is 3.81. The molecule has 8 heteroatoms. The van der Waals surface area contributed by atoms with E-state index in [0.717, 1.165) is 18.2 Å². The first kappa shape index (κ1) is 15.8. The number of aliphatic hydroxyl groups excluding tert-OH is 1. The Bertz CT molecular complexity index is 536. The van der Waals surface area contributed by atoms with Crippen molar-refractivity contribution in [1.82, 2.24) is 0 Å². The highest BCUT2D eigenvalue weighted by Crippen LogP contribution is 2.29. The van der Waals surface area contributed by atoms with Crippen LogP contribution in [0.3, 0.4) is 0 Å². The predicted molar refractivity (Wildman–Crippen MR) is 59.7 cm³/mol. The van der Waals surface area contributed by atoms with Gasteiger partial charge in [0.25, 0.3) is 0 Å². The van der Waals surface area contributed by atoms with Gasteiger partial charge in [-0.15, -0.1) is 13.2 Å². The van der Waals surface area contributed by atoms with Crippen LogP contribution in [-0.4, -0.2) is 22.5 Å². The molecule has 0 fully saturated rings. The van der Waals surface area contributed by atoms with Gasteiger partial charge in [0.1, 0.15) is 5.75 Å². The molecule has 1 aromatic carbocycles. The molecule has 0 spiro atoms. The van der Waals surface area contributed by atoms with Gasteiger partial charge in [-0.25, -0.2) is 4.79 Å². The quantitative estimate of drug-likeness (QED) is 0.866. The predicted octanol–water partition coefficient (Wildman–Crippen LogP) is 2.16. The summed E-state index contributed by atoms with van der Waals surface area (Å²) in [5, 5.41) is 26.4. The van der Waals surface area contributed by atoms with Gasteiger partial charge in [0.05, 0.1) is 6.07 Å². The smallest absolute Gasteiger partial charge is 0.479 e. The average molecular weight is 289 g/mol. The fourth-order valence-electron chi connectivity index (χ4n) is 1.52. The first-order valence-corrected chi connectivity index (χ1v) is 5.41. The Hall–Kier alpha value is -2.27. The van der Waals surface area contributed by atoms with Crippen molar-refractivity contribution in [3.05, 3.63) is 29.3 Å². The van der Waals surface area contributed by atoms with Crippen molar-refractivity contribution in [2.45, 2.75) is 25.3 Å². The maximum Gasteiger partial charge on any atom is 0.573 e. The van der Waals surface area contributed by atoms with Gasteiger partial charge in [-0.2, -0.15) is 5.26 Å². The Kier molecular flexibility index (Phi) is 4.94. The van der Waals surface area contributed by atoms with E-state index in [1.165, 1.54) is 0 Å². The number of nitriles is 1. The minimum absolute atomic E-state index is 0.00155. The van der Waals surface area contributed by atoms with Crippen LogP contribution >= 0.6 is 0 Å². The van der Waals surface area contributed by atoms with E-state index >= 15 is 0 Å². The zero-order valence-corrected chi connectivity index (χ0v) is 10.0. The SMILES string of the molecule is N#CCCc1cc(C(O)C(=O)O)ccc1OC(F)(F)F. The van der Waals surface area contributed by atoms with E-state index in [4.69, 9.17) is 10.4 Å². The molecule has 0 aliphatic heterocycles. The number of carboxylic acid groups (broad SMARTS) is 1. The summed E-state index contributed by atoms with van der Waals surface area (Å²) in [5.41, 5.74) is -0.0818. The molecule has 0 saturated carbocycles. The molecule has 108 valence electrons. The van der Waals surface area contributed by atoms with Crippen LogP contribution < -0.4 is 4.74 Å². The topological polar surface area (TPSA) is 90.5 Å². The van der Waals surface area contributed by atoms with Crippen LogP contribution in [0.5, 0.6) is 5.75 Å². The number of halogens is 3. The van der Waals surface area contributed by atoms with Gasteiger partial charge >= 0.3 is 12.3 Å². The monoisotopic (exact) mass is 289 g/mol. The number of aryl methyl sites for hydroxylation is 1. The number of rotatable bonds is 5. The summed E-state index contributed by atoms with van der Waals surface area (Å²) in [7, 11) is 0. The molecule has 2 N–H and O–H groups in total. The van der Waals surface area contributed by atoms with Crippen LogP contribution in [0.1, 0.15) is 23.7 Å². The number of ether oxygens (including phenoxy) is 1. The lowest BCUT2D eigenvalue weighted by Crippen LogP contribution is -2.18. The highest BCUT2D eigenvalue weighted by Gasteiger charge is 2.32. The Labute approximate surface area is 111 Å². The van der Waals surface area contributed by atoms with Gasteiger partial charge in [0.2, 0.25) is 0 Å². The van der Waals surface area contributed by atoms with Crippen LogP contribution in [0, 0.1) is 11.3 Å². The molecule has 5 nitrogen and oxygen atoms in total. The van der Waals surface area contributed by atoms with Gasteiger partial charge in [-0.1, -0.05) is 6.07 Å². The van der Waals surface area contributed by atoms with E-state index in [0.29, 0.717) is 0 Å². The van der Waals surface area contributed by atoms with E-state index < -0.39 is 24.2 Å². The minimum atomic E-state index is -4.89. The summed E-state index contributed by atoms with van der Waals surface area (Å²) < 4.78 is 40.4. The highest BCUT2D eigenvalue weighted by molar-refractivity contribution is 5.74. The summed E-state index contributed by atoms with van der Waals surface area (Å²) >= 11 is 0. The Balaban J connectivity index is 3.12. The second kappa shape index (κ2) is 6.25. The molecule has 1 aromatic rings. The maximum atomic E-state index is 12.2. The number of carbonyl (C=O) groups is 1. The lowest BCUT2D eigenvalue weighted by molar-refractivity contribution is -0.274. The zero-order chi connectivity index (χ0) is 15.3. The third kappa shape index (κ3) is 4.44. The molecule has 0 amide bonds.